The molecular formula is C16H18ClN3. The first-order valence-corrected chi connectivity index (χ1v) is 7.72. The molecule has 104 valence electrons. The number of para-hydroxylation sites is 1. The van der Waals surface area contributed by atoms with Gasteiger partial charge in [0.1, 0.15) is 17.4 Å². The van der Waals surface area contributed by atoms with E-state index in [1.54, 1.807) is 0 Å². The number of aromatic nitrogens is 2. The molecule has 0 N–H and O–H groups in total. The van der Waals surface area contributed by atoms with Crippen LogP contribution in [0.3, 0.4) is 0 Å². The molecule has 1 heterocycles. The Hall–Kier alpha value is -1.53. The normalized spacial score (nSPS) is 22.2. The van der Waals surface area contributed by atoms with Crippen molar-refractivity contribution in [2.45, 2.75) is 38.6 Å². The van der Waals surface area contributed by atoms with E-state index >= 15 is 0 Å². The first-order valence-electron chi connectivity index (χ1n) is 7.18. The van der Waals surface area contributed by atoms with Crippen LogP contribution >= 0.6 is 11.6 Å². The summed E-state index contributed by atoms with van der Waals surface area (Å²) in [6, 6.07) is 8.00. The van der Waals surface area contributed by atoms with Crippen LogP contribution in [0.1, 0.15) is 37.6 Å². The minimum absolute atomic E-state index is 0.390. The maximum absolute atomic E-state index is 9.20. The first-order chi connectivity index (χ1) is 9.74. The van der Waals surface area contributed by atoms with Crippen LogP contribution in [0.4, 0.5) is 0 Å². The van der Waals surface area contributed by atoms with E-state index in [1.165, 1.54) is 19.3 Å². The van der Waals surface area contributed by atoms with E-state index < -0.39 is 0 Å². The zero-order valence-electron chi connectivity index (χ0n) is 11.6. The summed E-state index contributed by atoms with van der Waals surface area (Å²) in [5.74, 6) is 2.72. The molecule has 0 amide bonds. The van der Waals surface area contributed by atoms with Gasteiger partial charge in [-0.25, -0.2) is 4.98 Å². The number of hydrogen-bond acceptors (Lipinski definition) is 2. The van der Waals surface area contributed by atoms with Gasteiger partial charge in [-0.1, -0.05) is 25.8 Å². The third-order valence-corrected chi connectivity index (χ3v) is 4.79. The lowest BCUT2D eigenvalue weighted by Crippen LogP contribution is -2.14. The number of imidazole rings is 1. The molecule has 3 rings (SSSR count). The second kappa shape index (κ2) is 5.46. The topological polar surface area (TPSA) is 41.6 Å². The zero-order chi connectivity index (χ0) is 14.1. The van der Waals surface area contributed by atoms with E-state index in [4.69, 9.17) is 11.6 Å². The van der Waals surface area contributed by atoms with Gasteiger partial charge in [-0.3, -0.25) is 0 Å². The minimum Gasteiger partial charge on any atom is -0.327 e. The molecule has 0 radical (unpaired) electrons. The minimum atomic E-state index is 0.390. The van der Waals surface area contributed by atoms with Crippen molar-refractivity contribution in [3.63, 3.8) is 0 Å². The highest BCUT2D eigenvalue weighted by Crippen LogP contribution is 2.34. The van der Waals surface area contributed by atoms with Gasteiger partial charge in [0, 0.05) is 6.54 Å². The average molecular weight is 288 g/mol. The lowest BCUT2D eigenvalue weighted by molar-refractivity contribution is 0.364. The van der Waals surface area contributed by atoms with Crippen molar-refractivity contribution in [1.29, 1.82) is 5.26 Å². The molecule has 1 saturated carbocycles. The summed E-state index contributed by atoms with van der Waals surface area (Å²) in [7, 11) is 0. The Morgan fingerprint density at radius 1 is 1.45 bits per heavy atom. The standard InChI is InChI=1S/C16H18ClN3/c1-11-4-2-6-13(11)10-20-14-7-3-5-12(9-18)16(14)19-15(20)8-17/h3,5,7,11,13H,2,4,6,8,10H2,1H3. The predicted octanol–water partition coefficient (Wildman–Crippen LogP) is 4.08. The van der Waals surface area contributed by atoms with Crippen LogP contribution in [-0.2, 0) is 12.4 Å². The number of nitriles is 1. The molecule has 4 heteroatoms. The Labute approximate surface area is 124 Å². The van der Waals surface area contributed by atoms with E-state index in [-0.39, 0.29) is 0 Å². The molecule has 1 aromatic carbocycles. The summed E-state index contributed by atoms with van der Waals surface area (Å²) in [6.45, 7) is 3.30. The summed E-state index contributed by atoms with van der Waals surface area (Å²) in [4.78, 5) is 4.58. The molecule has 0 bridgehead atoms. The second-order valence-electron chi connectivity index (χ2n) is 5.73. The van der Waals surface area contributed by atoms with Gasteiger partial charge in [0.15, 0.2) is 0 Å². The lowest BCUT2D eigenvalue weighted by atomic mass is 9.98. The Morgan fingerprint density at radius 2 is 2.30 bits per heavy atom. The van der Waals surface area contributed by atoms with E-state index in [0.29, 0.717) is 17.4 Å². The quantitative estimate of drug-likeness (QED) is 0.798. The number of halogens is 1. The summed E-state index contributed by atoms with van der Waals surface area (Å²) in [5.41, 5.74) is 2.46. The summed E-state index contributed by atoms with van der Waals surface area (Å²) < 4.78 is 2.22. The molecule has 3 nitrogen and oxygen atoms in total. The maximum Gasteiger partial charge on any atom is 0.124 e. The molecule has 0 aliphatic heterocycles. The Balaban J connectivity index is 2.07. The van der Waals surface area contributed by atoms with Crippen molar-refractivity contribution in [2.75, 3.05) is 0 Å². The number of hydrogen-bond donors (Lipinski definition) is 0. The van der Waals surface area contributed by atoms with Gasteiger partial charge < -0.3 is 4.57 Å². The molecule has 1 aliphatic carbocycles. The van der Waals surface area contributed by atoms with Crippen molar-refractivity contribution >= 4 is 22.6 Å². The SMILES string of the molecule is CC1CCCC1Cn1c(CCl)nc2c(C#N)cccc21. The zero-order valence-corrected chi connectivity index (χ0v) is 12.4. The molecule has 1 aliphatic rings. The smallest absolute Gasteiger partial charge is 0.124 e. The molecule has 1 fully saturated rings. The molecule has 2 aromatic rings. The second-order valence-corrected chi connectivity index (χ2v) is 5.99. The molecule has 1 aromatic heterocycles. The highest BCUT2D eigenvalue weighted by Gasteiger charge is 2.25. The van der Waals surface area contributed by atoms with Gasteiger partial charge in [0.05, 0.1) is 17.0 Å². The van der Waals surface area contributed by atoms with Crippen LogP contribution in [-0.4, -0.2) is 9.55 Å². The van der Waals surface area contributed by atoms with Crippen LogP contribution in [0.15, 0.2) is 18.2 Å². The van der Waals surface area contributed by atoms with Crippen molar-refractivity contribution in [2.24, 2.45) is 11.8 Å². The van der Waals surface area contributed by atoms with Gasteiger partial charge in [-0.05, 0) is 30.4 Å². The fourth-order valence-electron chi connectivity index (χ4n) is 3.32. The van der Waals surface area contributed by atoms with E-state index in [0.717, 1.165) is 29.3 Å². The fraction of sp³-hybridized carbons (Fsp3) is 0.500. The largest absolute Gasteiger partial charge is 0.327 e. The number of benzene rings is 1. The van der Waals surface area contributed by atoms with Gasteiger partial charge >= 0.3 is 0 Å². The molecule has 0 saturated heterocycles. The van der Waals surface area contributed by atoms with Crippen LogP contribution in [0.25, 0.3) is 11.0 Å². The van der Waals surface area contributed by atoms with Crippen LogP contribution in [0.2, 0.25) is 0 Å². The van der Waals surface area contributed by atoms with Gasteiger partial charge in [0.25, 0.3) is 0 Å². The van der Waals surface area contributed by atoms with E-state index in [2.05, 4.69) is 22.5 Å². The number of fused-ring (bicyclic) bond motifs is 1. The number of nitrogens with zero attached hydrogens (tertiary/aromatic N) is 3. The molecule has 2 unspecified atom stereocenters. The fourth-order valence-corrected chi connectivity index (χ4v) is 3.52. The third-order valence-electron chi connectivity index (χ3n) is 4.55. The highest BCUT2D eigenvalue weighted by molar-refractivity contribution is 6.16. The lowest BCUT2D eigenvalue weighted by Gasteiger charge is -2.18. The molecule has 2 atom stereocenters. The third kappa shape index (κ3) is 2.19. The number of alkyl halides is 1. The van der Waals surface area contributed by atoms with Crippen LogP contribution in [0.5, 0.6) is 0 Å². The van der Waals surface area contributed by atoms with Crippen molar-refractivity contribution in [1.82, 2.24) is 9.55 Å². The van der Waals surface area contributed by atoms with Crippen molar-refractivity contribution in [3.8, 4) is 6.07 Å². The van der Waals surface area contributed by atoms with Crippen LogP contribution < -0.4 is 0 Å². The molecule has 20 heavy (non-hydrogen) atoms. The summed E-state index contributed by atoms with van der Waals surface area (Å²) in [5, 5.41) is 9.20. The Morgan fingerprint density at radius 3 is 2.95 bits per heavy atom. The van der Waals surface area contributed by atoms with Gasteiger partial charge in [0.2, 0.25) is 0 Å². The predicted molar refractivity (Wildman–Crippen MR) is 80.5 cm³/mol. The van der Waals surface area contributed by atoms with Crippen LogP contribution in [0, 0.1) is 23.2 Å². The first kappa shape index (κ1) is 13.5. The summed E-state index contributed by atoms with van der Waals surface area (Å²) >= 11 is 6.05. The average Bonchev–Trinajstić information content (AvgIpc) is 3.03. The summed E-state index contributed by atoms with van der Waals surface area (Å²) in [6.07, 6.45) is 3.91. The number of rotatable bonds is 3. The maximum atomic E-state index is 9.20. The van der Waals surface area contributed by atoms with Gasteiger partial charge in [-0.2, -0.15) is 5.26 Å². The molecule has 0 spiro atoms. The highest BCUT2D eigenvalue weighted by atomic mass is 35.5. The molecular weight excluding hydrogens is 270 g/mol. The van der Waals surface area contributed by atoms with E-state index in [9.17, 15) is 5.26 Å². The van der Waals surface area contributed by atoms with Crippen molar-refractivity contribution in [3.05, 3.63) is 29.6 Å². The van der Waals surface area contributed by atoms with Crippen molar-refractivity contribution < 1.29 is 0 Å². The van der Waals surface area contributed by atoms with Gasteiger partial charge in [-0.15, -0.1) is 11.6 Å². The Kier molecular flexibility index (Phi) is 3.67. The Bertz CT molecular complexity index is 668. The monoisotopic (exact) mass is 287 g/mol. The van der Waals surface area contributed by atoms with E-state index in [1.807, 2.05) is 18.2 Å².